The number of fused-ring (bicyclic) bond motifs is 1. The minimum absolute atomic E-state index is 0.0889. The van der Waals surface area contributed by atoms with Crippen molar-refractivity contribution in [3.8, 4) is 5.75 Å². The third-order valence-electron chi connectivity index (χ3n) is 4.91. The number of benzene rings is 2. The maximum absolute atomic E-state index is 12.1. The van der Waals surface area contributed by atoms with Crippen LogP contribution < -0.4 is 15.4 Å². The van der Waals surface area contributed by atoms with Crippen molar-refractivity contribution in [1.82, 2.24) is 10.6 Å². The van der Waals surface area contributed by atoms with E-state index >= 15 is 0 Å². The summed E-state index contributed by atoms with van der Waals surface area (Å²) in [5, 5.41) is 5.99. The summed E-state index contributed by atoms with van der Waals surface area (Å²) in [5.41, 5.74) is 3.99. The standard InChI is InChI=1S/C22H28N2O2/c1-2-26-20-11-5-7-17(15-20)13-14-23-22(25)24-16-19-10-6-9-18-8-3-4-12-21(18)19/h3-5,7-8,11-12,15,19H,2,6,9-10,13-14,16H2,1H3,(H2,23,24,25). The van der Waals surface area contributed by atoms with Crippen LogP contribution in [0.1, 0.15) is 42.4 Å². The minimum atomic E-state index is -0.0889. The van der Waals surface area contributed by atoms with Gasteiger partial charge in [-0.25, -0.2) is 4.79 Å². The first-order chi connectivity index (χ1) is 12.8. The molecule has 0 aliphatic heterocycles. The molecule has 1 aliphatic carbocycles. The van der Waals surface area contributed by atoms with Crippen molar-refractivity contribution in [1.29, 1.82) is 0 Å². The van der Waals surface area contributed by atoms with Gasteiger partial charge in [0.2, 0.25) is 0 Å². The van der Waals surface area contributed by atoms with Crippen LogP contribution in [0.15, 0.2) is 48.5 Å². The molecule has 0 bridgehead atoms. The highest BCUT2D eigenvalue weighted by Crippen LogP contribution is 2.30. The molecule has 2 amide bonds. The van der Waals surface area contributed by atoms with Gasteiger partial charge < -0.3 is 15.4 Å². The molecule has 0 saturated carbocycles. The molecule has 1 aliphatic rings. The first-order valence-electron chi connectivity index (χ1n) is 9.57. The van der Waals surface area contributed by atoms with Crippen LogP contribution in [0.3, 0.4) is 0 Å². The summed E-state index contributed by atoms with van der Waals surface area (Å²) >= 11 is 0. The van der Waals surface area contributed by atoms with Gasteiger partial charge in [0.25, 0.3) is 0 Å². The van der Waals surface area contributed by atoms with Crippen LogP contribution in [0.4, 0.5) is 4.79 Å². The zero-order chi connectivity index (χ0) is 18.2. The van der Waals surface area contributed by atoms with Gasteiger partial charge in [-0.3, -0.25) is 0 Å². The van der Waals surface area contributed by atoms with Gasteiger partial charge in [-0.1, -0.05) is 36.4 Å². The maximum Gasteiger partial charge on any atom is 0.314 e. The molecule has 2 N–H and O–H groups in total. The van der Waals surface area contributed by atoms with E-state index in [0.717, 1.165) is 30.6 Å². The second-order valence-corrected chi connectivity index (χ2v) is 6.76. The van der Waals surface area contributed by atoms with E-state index in [1.165, 1.54) is 17.5 Å². The number of ether oxygens (including phenoxy) is 1. The van der Waals surface area contributed by atoms with Crippen LogP contribution in [0.25, 0.3) is 0 Å². The van der Waals surface area contributed by atoms with Crippen molar-refractivity contribution >= 4 is 6.03 Å². The van der Waals surface area contributed by atoms with Gasteiger partial charge in [0, 0.05) is 19.0 Å². The lowest BCUT2D eigenvalue weighted by Crippen LogP contribution is -2.39. The van der Waals surface area contributed by atoms with Crippen molar-refractivity contribution in [2.75, 3.05) is 19.7 Å². The first kappa shape index (κ1) is 18.3. The van der Waals surface area contributed by atoms with Gasteiger partial charge in [0.05, 0.1) is 6.61 Å². The lowest BCUT2D eigenvalue weighted by atomic mass is 9.83. The average Bonchev–Trinajstić information content (AvgIpc) is 2.67. The smallest absolute Gasteiger partial charge is 0.314 e. The zero-order valence-electron chi connectivity index (χ0n) is 15.5. The molecule has 0 heterocycles. The van der Waals surface area contributed by atoms with E-state index in [2.05, 4.69) is 41.0 Å². The largest absolute Gasteiger partial charge is 0.494 e. The molecule has 4 nitrogen and oxygen atoms in total. The topological polar surface area (TPSA) is 50.4 Å². The van der Waals surface area contributed by atoms with E-state index in [9.17, 15) is 4.79 Å². The first-order valence-corrected chi connectivity index (χ1v) is 9.57. The summed E-state index contributed by atoms with van der Waals surface area (Å²) < 4.78 is 5.51. The van der Waals surface area contributed by atoms with E-state index in [1.54, 1.807) is 0 Å². The Balaban J connectivity index is 1.42. The Hall–Kier alpha value is -2.49. The number of amides is 2. The normalized spacial score (nSPS) is 15.8. The molecule has 1 atom stereocenters. The lowest BCUT2D eigenvalue weighted by molar-refractivity contribution is 0.240. The highest BCUT2D eigenvalue weighted by atomic mass is 16.5. The summed E-state index contributed by atoms with van der Waals surface area (Å²) in [6.45, 7) is 3.95. The highest BCUT2D eigenvalue weighted by molar-refractivity contribution is 5.73. The Kier molecular flexibility index (Phi) is 6.53. The SMILES string of the molecule is CCOc1cccc(CCNC(=O)NCC2CCCc3ccccc32)c1. The van der Waals surface area contributed by atoms with Gasteiger partial charge in [0.15, 0.2) is 0 Å². The van der Waals surface area contributed by atoms with Crippen molar-refractivity contribution in [3.63, 3.8) is 0 Å². The molecule has 0 fully saturated rings. The van der Waals surface area contributed by atoms with Gasteiger partial charge in [-0.05, 0) is 61.4 Å². The summed E-state index contributed by atoms with van der Waals surface area (Å²) in [5.74, 6) is 1.30. The fourth-order valence-corrected chi connectivity index (χ4v) is 3.62. The number of urea groups is 1. The van der Waals surface area contributed by atoms with Gasteiger partial charge >= 0.3 is 6.03 Å². The maximum atomic E-state index is 12.1. The number of hydrogen-bond donors (Lipinski definition) is 2. The van der Waals surface area contributed by atoms with Crippen LogP contribution >= 0.6 is 0 Å². The second kappa shape index (κ2) is 9.27. The van der Waals surface area contributed by atoms with Crippen LogP contribution in [0.2, 0.25) is 0 Å². The quantitative estimate of drug-likeness (QED) is 0.790. The third kappa shape index (κ3) is 5.01. The van der Waals surface area contributed by atoms with E-state index in [1.807, 2.05) is 25.1 Å². The summed E-state index contributed by atoms with van der Waals surface area (Å²) in [4.78, 5) is 12.1. The molecular formula is C22H28N2O2. The third-order valence-corrected chi connectivity index (χ3v) is 4.91. The van der Waals surface area contributed by atoms with Crippen LogP contribution in [0.5, 0.6) is 5.75 Å². The predicted octanol–water partition coefficient (Wildman–Crippen LogP) is 4.05. The summed E-state index contributed by atoms with van der Waals surface area (Å²) in [6, 6.07) is 16.5. The highest BCUT2D eigenvalue weighted by Gasteiger charge is 2.19. The van der Waals surface area contributed by atoms with Crippen molar-refractivity contribution < 1.29 is 9.53 Å². The Morgan fingerprint density at radius 2 is 2.04 bits per heavy atom. The van der Waals surface area contributed by atoms with Crippen molar-refractivity contribution in [2.24, 2.45) is 0 Å². The molecular weight excluding hydrogens is 324 g/mol. The molecule has 0 spiro atoms. The number of aryl methyl sites for hydroxylation is 1. The van der Waals surface area contributed by atoms with Crippen LogP contribution in [0, 0.1) is 0 Å². The van der Waals surface area contributed by atoms with E-state index in [-0.39, 0.29) is 6.03 Å². The summed E-state index contributed by atoms with van der Waals surface area (Å²) in [7, 11) is 0. The zero-order valence-corrected chi connectivity index (χ0v) is 15.5. The Morgan fingerprint density at radius 1 is 1.15 bits per heavy atom. The number of carbonyl (C=O) groups is 1. The molecule has 0 saturated heterocycles. The van der Waals surface area contributed by atoms with Gasteiger partial charge in [0.1, 0.15) is 5.75 Å². The molecule has 2 aromatic carbocycles. The molecule has 0 radical (unpaired) electrons. The molecule has 138 valence electrons. The number of hydrogen-bond acceptors (Lipinski definition) is 2. The Morgan fingerprint density at radius 3 is 2.92 bits per heavy atom. The Bertz CT molecular complexity index is 730. The fourth-order valence-electron chi connectivity index (χ4n) is 3.62. The van der Waals surface area contributed by atoms with Gasteiger partial charge in [-0.2, -0.15) is 0 Å². The Labute approximate surface area is 156 Å². The van der Waals surface area contributed by atoms with Gasteiger partial charge in [-0.15, -0.1) is 0 Å². The molecule has 4 heteroatoms. The molecule has 26 heavy (non-hydrogen) atoms. The second-order valence-electron chi connectivity index (χ2n) is 6.76. The molecule has 0 aromatic heterocycles. The van der Waals surface area contributed by atoms with E-state index in [4.69, 9.17) is 4.74 Å². The van der Waals surface area contributed by atoms with E-state index < -0.39 is 0 Å². The van der Waals surface area contributed by atoms with Crippen molar-refractivity contribution in [2.45, 2.75) is 38.5 Å². The minimum Gasteiger partial charge on any atom is -0.494 e. The predicted molar refractivity (Wildman–Crippen MR) is 105 cm³/mol. The number of carbonyl (C=O) groups excluding carboxylic acids is 1. The number of rotatable bonds is 7. The van der Waals surface area contributed by atoms with E-state index in [0.29, 0.717) is 25.6 Å². The monoisotopic (exact) mass is 352 g/mol. The number of nitrogens with one attached hydrogen (secondary N) is 2. The molecule has 3 rings (SSSR count). The fraction of sp³-hybridized carbons (Fsp3) is 0.409. The average molecular weight is 352 g/mol. The van der Waals surface area contributed by atoms with Crippen molar-refractivity contribution in [3.05, 3.63) is 65.2 Å². The summed E-state index contributed by atoms with van der Waals surface area (Å²) in [6.07, 6.45) is 4.28. The molecule has 2 aromatic rings. The molecule has 1 unspecified atom stereocenters. The lowest BCUT2D eigenvalue weighted by Gasteiger charge is -2.25. The van der Waals surface area contributed by atoms with Crippen LogP contribution in [-0.4, -0.2) is 25.7 Å². The van der Waals surface area contributed by atoms with Crippen LogP contribution in [-0.2, 0) is 12.8 Å².